The summed E-state index contributed by atoms with van der Waals surface area (Å²) in [5.41, 5.74) is -0.119. The molecule has 0 bridgehead atoms. The molecule has 0 unspecified atom stereocenters. The standard InChI is InChI=1S/C10H16O2/c1-3-10(6-4-5-7-10)8(2)9(11)12/h3,8H,1,4-7H2,2H3,(H,11,12)/t8-/m1/s1. The summed E-state index contributed by atoms with van der Waals surface area (Å²) in [5, 5.41) is 8.89. The molecule has 12 heavy (non-hydrogen) atoms. The topological polar surface area (TPSA) is 37.3 Å². The summed E-state index contributed by atoms with van der Waals surface area (Å²) < 4.78 is 0. The molecular weight excluding hydrogens is 152 g/mol. The van der Waals surface area contributed by atoms with Gasteiger partial charge in [0.15, 0.2) is 0 Å². The van der Waals surface area contributed by atoms with E-state index in [9.17, 15) is 4.79 Å². The number of allylic oxidation sites excluding steroid dienone is 1. The van der Waals surface area contributed by atoms with Gasteiger partial charge in [-0.25, -0.2) is 0 Å². The molecule has 68 valence electrons. The summed E-state index contributed by atoms with van der Waals surface area (Å²) in [7, 11) is 0. The molecule has 1 N–H and O–H groups in total. The monoisotopic (exact) mass is 168 g/mol. The molecular formula is C10H16O2. The largest absolute Gasteiger partial charge is 0.481 e. The molecule has 1 saturated carbocycles. The van der Waals surface area contributed by atoms with Crippen LogP contribution in [0.25, 0.3) is 0 Å². The SMILES string of the molecule is C=CC1([C@H](C)C(=O)O)CCCC1. The van der Waals surface area contributed by atoms with Gasteiger partial charge in [0.2, 0.25) is 0 Å². The predicted octanol–water partition coefficient (Wildman–Crippen LogP) is 2.45. The second kappa shape index (κ2) is 3.30. The van der Waals surface area contributed by atoms with Crippen molar-refractivity contribution in [2.24, 2.45) is 11.3 Å². The first-order valence-corrected chi connectivity index (χ1v) is 4.49. The van der Waals surface area contributed by atoms with E-state index in [4.69, 9.17) is 5.11 Å². The highest BCUT2D eigenvalue weighted by Crippen LogP contribution is 2.45. The van der Waals surface area contributed by atoms with Crippen molar-refractivity contribution in [1.82, 2.24) is 0 Å². The Kier molecular flexibility index (Phi) is 2.55. The molecule has 0 amide bonds. The van der Waals surface area contributed by atoms with Crippen LogP contribution >= 0.6 is 0 Å². The van der Waals surface area contributed by atoms with Crippen molar-refractivity contribution in [2.75, 3.05) is 0 Å². The third-order valence-electron chi connectivity index (χ3n) is 3.17. The molecule has 0 aromatic carbocycles. The Labute approximate surface area is 73.3 Å². The summed E-state index contributed by atoms with van der Waals surface area (Å²) in [6, 6.07) is 0. The molecule has 0 aromatic heterocycles. The average molecular weight is 168 g/mol. The first-order chi connectivity index (χ1) is 5.62. The van der Waals surface area contributed by atoms with E-state index in [1.807, 2.05) is 6.08 Å². The number of hydrogen-bond acceptors (Lipinski definition) is 1. The zero-order valence-corrected chi connectivity index (χ0v) is 7.55. The van der Waals surface area contributed by atoms with E-state index in [0.29, 0.717) is 0 Å². The van der Waals surface area contributed by atoms with Crippen molar-refractivity contribution < 1.29 is 9.90 Å². The maximum atomic E-state index is 10.8. The number of rotatable bonds is 3. The van der Waals surface area contributed by atoms with Gasteiger partial charge in [0, 0.05) is 5.41 Å². The Morgan fingerprint density at radius 2 is 2.08 bits per heavy atom. The molecule has 1 aliphatic rings. The highest BCUT2D eigenvalue weighted by atomic mass is 16.4. The van der Waals surface area contributed by atoms with Gasteiger partial charge < -0.3 is 5.11 Å². The van der Waals surface area contributed by atoms with Crippen molar-refractivity contribution in [3.63, 3.8) is 0 Å². The third-order valence-corrected chi connectivity index (χ3v) is 3.17. The van der Waals surface area contributed by atoms with Gasteiger partial charge in [-0.15, -0.1) is 6.58 Å². The molecule has 0 aromatic rings. The van der Waals surface area contributed by atoms with Crippen LogP contribution < -0.4 is 0 Å². The van der Waals surface area contributed by atoms with Crippen LogP contribution in [0.5, 0.6) is 0 Å². The molecule has 1 rings (SSSR count). The lowest BCUT2D eigenvalue weighted by molar-refractivity contribution is -0.144. The molecule has 0 radical (unpaired) electrons. The highest BCUT2D eigenvalue weighted by molar-refractivity contribution is 5.71. The van der Waals surface area contributed by atoms with Crippen LogP contribution in [0, 0.1) is 11.3 Å². The minimum absolute atomic E-state index is 0.119. The summed E-state index contributed by atoms with van der Waals surface area (Å²) in [4.78, 5) is 10.8. The van der Waals surface area contributed by atoms with Gasteiger partial charge in [-0.3, -0.25) is 4.79 Å². The minimum atomic E-state index is -0.697. The molecule has 1 aliphatic carbocycles. The zero-order chi connectivity index (χ0) is 9.19. The third kappa shape index (κ3) is 1.38. The first kappa shape index (κ1) is 9.30. The number of carboxylic acid groups (broad SMARTS) is 1. The fraction of sp³-hybridized carbons (Fsp3) is 0.700. The lowest BCUT2D eigenvalue weighted by atomic mass is 9.75. The number of carboxylic acids is 1. The molecule has 0 aliphatic heterocycles. The Hall–Kier alpha value is -0.790. The molecule has 2 heteroatoms. The second-order valence-electron chi connectivity index (χ2n) is 3.70. The minimum Gasteiger partial charge on any atom is -0.481 e. The van der Waals surface area contributed by atoms with E-state index in [2.05, 4.69) is 6.58 Å². The summed E-state index contributed by atoms with van der Waals surface area (Å²) in [5.74, 6) is -0.978. The van der Waals surface area contributed by atoms with Crippen LogP contribution in [-0.4, -0.2) is 11.1 Å². The Bertz CT molecular complexity index is 190. The molecule has 2 nitrogen and oxygen atoms in total. The van der Waals surface area contributed by atoms with Crippen LogP contribution in [0.4, 0.5) is 0 Å². The van der Waals surface area contributed by atoms with Gasteiger partial charge >= 0.3 is 5.97 Å². The quantitative estimate of drug-likeness (QED) is 0.657. The van der Waals surface area contributed by atoms with E-state index >= 15 is 0 Å². The summed E-state index contributed by atoms with van der Waals surface area (Å²) in [6.45, 7) is 5.54. The Morgan fingerprint density at radius 1 is 1.58 bits per heavy atom. The van der Waals surface area contributed by atoms with Gasteiger partial charge in [-0.1, -0.05) is 25.8 Å². The van der Waals surface area contributed by atoms with Crippen LogP contribution in [-0.2, 0) is 4.79 Å². The first-order valence-electron chi connectivity index (χ1n) is 4.49. The predicted molar refractivity (Wildman–Crippen MR) is 47.9 cm³/mol. The fourth-order valence-corrected chi connectivity index (χ4v) is 2.09. The van der Waals surface area contributed by atoms with Gasteiger partial charge in [-0.2, -0.15) is 0 Å². The lowest BCUT2D eigenvalue weighted by Gasteiger charge is -2.28. The van der Waals surface area contributed by atoms with Gasteiger partial charge in [0.05, 0.1) is 5.92 Å². The van der Waals surface area contributed by atoms with Crippen molar-refractivity contribution in [1.29, 1.82) is 0 Å². The Morgan fingerprint density at radius 3 is 2.42 bits per heavy atom. The fourth-order valence-electron chi connectivity index (χ4n) is 2.09. The number of hydrogen-bond donors (Lipinski definition) is 1. The van der Waals surface area contributed by atoms with Crippen LogP contribution in [0.1, 0.15) is 32.6 Å². The molecule has 0 saturated heterocycles. The number of carbonyl (C=O) groups is 1. The summed E-state index contributed by atoms with van der Waals surface area (Å²) in [6.07, 6.45) is 6.11. The van der Waals surface area contributed by atoms with Crippen molar-refractivity contribution in [3.05, 3.63) is 12.7 Å². The van der Waals surface area contributed by atoms with Gasteiger partial charge in [0.25, 0.3) is 0 Å². The number of aliphatic carboxylic acids is 1. The normalized spacial score (nSPS) is 23.4. The average Bonchev–Trinajstić information content (AvgIpc) is 2.52. The molecule has 0 heterocycles. The smallest absolute Gasteiger partial charge is 0.307 e. The van der Waals surface area contributed by atoms with E-state index in [-0.39, 0.29) is 11.3 Å². The van der Waals surface area contributed by atoms with Crippen LogP contribution in [0.2, 0.25) is 0 Å². The summed E-state index contributed by atoms with van der Waals surface area (Å²) >= 11 is 0. The molecule has 1 atom stereocenters. The lowest BCUT2D eigenvalue weighted by Crippen LogP contribution is -2.29. The van der Waals surface area contributed by atoms with E-state index in [0.717, 1.165) is 25.7 Å². The van der Waals surface area contributed by atoms with Gasteiger partial charge in [-0.05, 0) is 12.8 Å². The highest BCUT2D eigenvalue weighted by Gasteiger charge is 2.39. The van der Waals surface area contributed by atoms with Crippen LogP contribution in [0.15, 0.2) is 12.7 Å². The molecule has 1 fully saturated rings. The van der Waals surface area contributed by atoms with Gasteiger partial charge in [0.1, 0.15) is 0 Å². The van der Waals surface area contributed by atoms with E-state index in [1.54, 1.807) is 6.92 Å². The maximum Gasteiger partial charge on any atom is 0.307 e. The second-order valence-corrected chi connectivity index (χ2v) is 3.70. The van der Waals surface area contributed by atoms with Crippen molar-refractivity contribution >= 4 is 5.97 Å². The molecule has 0 spiro atoms. The van der Waals surface area contributed by atoms with Crippen molar-refractivity contribution in [3.8, 4) is 0 Å². The maximum absolute atomic E-state index is 10.8. The zero-order valence-electron chi connectivity index (χ0n) is 7.55. The van der Waals surface area contributed by atoms with Crippen LogP contribution in [0.3, 0.4) is 0 Å². The van der Waals surface area contributed by atoms with Crippen molar-refractivity contribution in [2.45, 2.75) is 32.6 Å². The van der Waals surface area contributed by atoms with E-state index < -0.39 is 5.97 Å². The Balaban J connectivity index is 2.78. The van der Waals surface area contributed by atoms with E-state index in [1.165, 1.54) is 0 Å².